The molecule has 9 atom stereocenters. The minimum atomic E-state index is -2.78. The summed E-state index contributed by atoms with van der Waals surface area (Å²) in [5, 5.41) is 2.35. The van der Waals surface area contributed by atoms with Crippen LogP contribution in [0.25, 0.3) is 6.08 Å². The first-order chi connectivity index (χ1) is 35.2. The molecule has 3 heterocycles. The van der Waals surface area contributed by atoms with Gasteiger partial charge in [-0.3, -0.25) is 4.79 Å². The van der Waals surface area contributed by atoms with E-state index in [9.17, 15) is 4.79 Å². The van der Waals surface area contributed by atoms with Gasteiger partial charge in [-0.15, -0.1) is 0 Å². The van der Waals surface area contributed by atoms with E-state index in [1.165, 1.54) is 10.4 Å². The molecular formula is C61H89NO10Si2. The molecule has 2 aliphatic heterocycles. The van der Waals surface area contributed by atoms with Gasteiger partial charge in [0.25, 0.3) is 8.32 Å². The zero-order valence-corrected chi connectivity index (χ0v) is 49.5. The van der Waals surface area contributed by atoms with E-state index < -0.39 is 34.6 Å². The molecule has 0 saturated carbocycles. The third-order valence-corrected chi connectivity index (χ3v) is 27.2. The zero-order valence-electron chi connectivity index (χ0n) is 47.5. The average molecular weight is 1050 g/mol. The number of allylic oxidation sites excluding steroid dienone is 1. The Balaban J connectivity index is 1.27. The molecule has 3 aromatic carbocycles. The maximum absolute atomic E-state index is 12.1. The summed E-state index contributed by atoms with van der Waals surface area (Å²) >= 11 is 0. The number of benzene rings is 3. The van der Waals surface area contributed by atoms with E-state index in [4.69, 9.17) is 46.7 Å². The number of aromatic nitrogens is 1. The van der Waals surface area contributed by atoms with E-state index in [0.29, 0.717) is 66.3 Å². The number of rotatable bonds is 24. The van der Waals surface area contributed by atoms with Crippen molar-refractivity contribution in [2.24, 2.45) is 11.8 Å². The summed E-state index contributed by atoms with van der Waals surface area (Å²) in [5.74, 6) is 0.218. The van der Waals surface area contributed by atoms with Crippen molar-refractivity contribution in [1.29, 1.82) is 0 Å². The van der Waals surface area contributed by atoms with Gasteiger partial charge in [0.1, 0.15) is 24.0 Å². The maximum atomic E-state index is 12.1. The molecule has 0 N–H and O–H groups in total. The number of nitrogens with zero attached hydrogens (tertiary/aromatic N) is 1. The van der Waals surface area contributed by atoms with Crippen LogP contribution in [0.5, 0.6) is 5.75 Å². The van der Waals surface area contributed by atoms with Gasteiger partial charge >= 0.3 is 0 Å². The van der Waals surface area contributed by atoms with Gasteiger partial charge in [0.05, 0.1) is 56.8 Å². The highest BCUT2D eigenvalue weighted by Crippen LogP contribution is 2.46. The Hall–Kier alpha value is -4.03. The first kappa shape index (κ1) is 59.2. The van der Waals surface area contributed by atoms with Crippen LogP contribution in [-0.2, 0) is 50.4 Å². The Morgan fingerprint density at radius 3 is 1.99 bits per heavy atom. The van der Waals surface area contributed by atoms with Crippen molar-refractivity contribution in [1.82, 2.24) is 4.98 Å². The number of oxazole rings is 1. The van der Waals surface area contributed by atoms with Gasteiger partial charge in [-0.1, -0.05) is 149 Å². The molecular weight excluding hydrogens is 963 g/mol. The van der Waals surface area contributed by atoms with E-state index in [1.807, 2.05) is 25.1 Å². The van der Waals surface area contributed by atoms with E-state index in [2.05, 4.69) is 162 Å². The molecule has 0 radical (unpaired) electrons. The molecule has 2 unspecified atom stereocenters. The van der Waals surface area contributed by atoms with Gasteiger partial charge in [0.15, 0.2) is 11.7 Å². The van der Waals surface area contributed by atoms with Crippen LogP contribution in [0.2, 0.25) is 21.7 Å². The van der Waals surface area contributed by atoms with Gasteiger partial charge in [-0.25, -0.2) is 4.98 Å². The molecule has 6 rings (SSSR count). The first-order valence-electron chi connectivity index (χ1n) is 27.0. The second-order valence-corrected chi connectivity index (χ2v) is 32.7. The van der Waals surface area contributed by atoms with E-state index >= 15 is 0 Å². The molecule has 2 saturated heterocycles. The number of carbonyl (C=O) groups is 1. The van der Waals surface area contributed by atoms with Crippen LogP contribution < -0.4 is 15.1 Å². The summed E-state index contributed by atoms with van der Waals surface area (Å²) in [6, 6.07) is 29.7. The summed E-state index contributed by atoms with van der Waals surface area (Å²) in [6.07, 6.45) is 6.79. The van der Waals surface area contributed by atoms with Crippen LogP contribution in [0.4, 0.5) is 0 Å². The van der Waals surface area contributed by atoms with Gasteiger partial charge in [0.2, 0.25) is 8.32 Å². The van der Waals surface area contributed by atoms with Crippen LogP contribution in [0.1, 0.15) is 126 Å². The SMILES string of the molecule is COc1ccc(CO[C@@H]2[C@@H](C)[C@H](/C(C)=C/c3coc(C[C@]4(OC)C[C@H](OC)CC([C@@H](/C=C(\C)C=O)O[Si](C(C)C)(C(C)C)C(C)C)O4)n3)OC(CCO[Si](c3ccccc3)(c3ccccc3)C(C)(C)C)[C@@H]2C)cc1. The molecule has 74 heavy (non-hydrogen) atoms. The highest BCUT2D eigenvalue weighted by atomic mass is 28.4. The van der Waals surface area contributed by atoms with E-state index in [-0.39, 0.29) is 47.7 Å². The van der Waals surface area contributed by atoms with Gasteiger partial charge in [-0.05, 0) is 93.3 Å². The summed E-state index contributed by atoms with van der Waals surface area (Å²) in [5.41, 5.74) is 4.34. The number of carbonyl (C=O) groups excluding carboxylic acids is 1. The molecule has 0 amide bonds. The number of hydrogen-bond donors (Lipinski definition) is 0. The van der Waals surface area contributed by atoms with Crippen LogP contribution >= 0.6 is 0 Å². The summed E-state index contributed by atoms with van der Waals surface area (Å²) in [4.78, 5) is 17.2. The van der Waals surface area contributed by atoms with Gasteiger partial charge in [0, 0.05) is 45.5 Å². The first-order valence-corrected chi connectivity index (χ1v) is 31.1. The van der Waals surface area contributed by atoms with Crippen LogP contribution in [0.15, 0.2) is 113 Å². The minimum Gasteiger partial charge on any atom is -0.497 e. The Morgan fingerprint density at radius 1 is 0.851 bits per heavy atom. The lowest BCUT2D eigenvalue weighted by molar-refractivity contribution is -0.297. The summed E-state index contributed by atoms with van der Waals surface area (Å²) in [6.45, 7) is 29.9. The van der Waals surface area contributed by atoms with Crippen LogP contribution in [0, 0.1) is 11.8 Å². The van der Waals surface area contributed by atoms with Crippen molar-refractivity contribution in [3.8, 4) is 5.75 Å². The molecule has 13 heteroatoms. The lowest BCUT2D eigenvalue weighted by Gasteiger charge is -2.49. The molecule has 1 aromatic heterocycles. The third-order valence-electron chi connectivity index (χ3n) is 16.1. The number of methoxy groups -OCH3 is 3. The molecule has 0 aliphatic carbocycles. The van der Waals surface area contributed by atoms with Crippen LogP contribution in [0.3, 0.4) is 0 Å². The fourth-order valence-corrected chi connectivity index (χ4v) is 22.5. The second kappa shape index (κ2) is 25.9. The van der Waals surface area contributed by atoms with Crippen molar-refractivity contribution < 1.29 is 46.5 Å². The topological polar surface area (TPSA) is 117 Å². The van der Waals surface area contributed by atoms with Crippen molar-refractivity contribution in [2.75, 3.05) is 27.9 Å². The average Bonchev–Trinajstić information content (AvgIpc) is 3.82. The monoisotopic (exact) mass is 1050 g/mol. The Morgan fingerprint density at radius 2 is 1.46 bits per heavy atom. The largest absolute Gasteiger partial charge is 0.497 e. The number of hydrogen-bond acceptors (Lipinski definition) is 11. The molecule has 0 bridgehead atoms. The minimum absolute atomic E-state index is 0.00553. The molecule has 2 fully saturated rings. The zero-order chi connectivity index (χ0) is 54.0. The smallest absolute Gasteiger partial charge is 0.261 e. The maximum Gasteiger partial charge on any atom is 0.261 e. The van der Waals surface area contributed by atoms with Gasteiger partial charge < -0.3 is 41.7 Å². The van der Waals surface area contributed by atoms with E-state index in [1.54, 1.807) is 27.6 Å². The molecule has 0 spiro atoms. The molecule has 2 aliphatic rings. The molecule has 406 valence electrons. The predicted molar refractivity (Wildman–Crippen MR) is 301 cm³/mol. The highest BCUT2D eigenvalue weighted by Gasteiger charge is 2.53. The fourth-order valence-electron chi connectivity index (χ4n) is 12.4. The Bertz CT molecular complexity index is 2350. The number of ether oxygens (including phenoxy) is 6. The predicted octanol–water partition coefficient (Wildman–Crippen LogP) is 12.5. The Labute approximate surface area is 446 Å². The summed E-state index contributed by atoms with van der Waals surface area (Å²) < 4.78 is 60.1. The van der Waals surface area contributed by atoms with Crippen molar-refractivity contribution >= 4 is 39.4 Å². The quantitative estimate of drug-likeness (QED) is 0.0379. The summed E-state index contributed by atoms with van der Waals surface area (Å²) in [7, 11) is -0.142. The molecule has 11 nitrogen and oxygen atoms in total. The third kappa shape index (κ3) is 13.4. The normalized spacial score (nSPS) is 24.9. The highest BCUT2D eigenvalue weighted by molar-refractivity contribution is 6.99. The standard InChI is InChI=1S/C61H89NO10Si2/c1-41(2)73(42(3)4,43(5)6)72-56(33-44(7)38-63)55-35-51(65-15)36-61(66-16,71-55)37-57-62-49(40-67-57)34-45(8)58-47(10)59(68-39-48-27-29-50(64-14)30-28-48)46(9)54(70-58)31-32-69-74(60(11,12)13,52-23-19-17-20-24-52)53-25-21-18-22-26-53/h17-30,33-34,38,40-43,46-47,51,54-56,58-59H,31-32,35-37,39H2,1-16H3/b44-33+,45-34+/t46-,47-,51+,54?,55?,56+,58-,59-,61-/m0/s1. The fraction of sp³-hybridized carbons (Fsp3) is 0.574. The lowest BCUT2D eigenvalue weighted by Crippen LogP contribution is -2.66. The van der Waals surface area contributed by atoms with Gasteiger partial charge in [-0.2, -0.15) is 0 Å². The van der Waals surface area contributed by atoms with E-state index in [0.717, 1.165) is 23.2 Å². The lowest BCUT2D eigenvalue weighted by atomic mass is 9.79. The number of aldehydes is 1. The Kier molecular flexibility index (Phi) is 20.7. The second-order valence-electron chi connectivity index (χ2n) is 23.0. The van der Waals surface area contributed by atoms with Crippen molar-refractivity contribution in [3.05, 3.63) is 126 Å². The van der Waals surface area contributed by atoms with Crippen molar-refractivity contribution in [2.45, 2.75) is 186 Å². The van der Waals surface area contributed by atoms with Crippen LogP contribution in [-0.4, -0.2) is 98.3 Å². The molecule has 4 aromatic rings. The van der Waals surface area contributed by atoms with Crippen molar-refractivity contribution in [3.63, 3.8) is 0 Å².